The number of likely N-dealkylation sites (N-methyl/N-ethyl adjacent to an activating group) is 1. The number of carbonyl (C=O) groups excluding carboxylic acids is 4. The monoisotopic (exact) mass is 424 g/mol. The third-order valence-corrected chi connectivity index (χ3v) is 5.40. The molecule has 0 unspecified atom stereocenters. The van der Waals surface area contributed by atoms with Crippen molar-refractivity contribution in [3.8, 4) is 0 Å². The molecule has 2 heterocycles. The van der Waals surface area contributed by atoms with Gasteiger partial charge in [0.1, 0.15) is 12.4 Å². The van der Waals surface area contributed by atoms with E-state index < -0.39 is 5.82 Å². The van der Waals surface area contributed by atoms with Crippen LogP contribution in [0.5, 0.6) is 0 Å². The van der Waals surface area contributed by atoms with Crippen LogP contribution in [0.4, 0.5) is 9.18 Å². The summed E-state index contributed by atoms with van der Waals surface area (Å²) in [6.07, 6.45) is 0.618. The molecule has 29 heavy (non-hydrogen) atoms. The Kier molecular flexibility index (Phi) is 6.36. The number of hydrogen-bond donors (Lipinski definition) is 0. The predicted octanol–water partition coefficient (Wildman–Crippen LogP) is 1.44. The van der Waals surface area contributed by atoms with Crippen molar-refractivity contribution < 1.29 is 23.6 Å². The van der Waals surface area contributed by atoms with Gasteiger partial charge in [-0.25, -0.2) is 9.18 Å². The standard InChI is InChI=1S/C19H22ClFN4O4/c1-22-12-17(27)25(19(22)29)6-2-3-16(26)23-7-9-24(10-8-23)18(28)14-5-4-13(21)11-15(14)20/h4-5,11H,2-3,6-10,12H2,1H3. The first-order chi connectivity index (χ1) is 13.8. The average Bonchev–Trinajstić information content (AvgIpc) is 2.93. The molecule has 1 aromatic carbocycles. The molecule has 0 atom stereocenters. The molecular formula is C19H22ClFN4O4. The minimum absolute atomic E-state index is 0.0603. The zero-order valence-corrected chi connectivity index (χ0v) is 16.8. The second-order valence-corrected chi connectivity index (χ2v) is 7.49. The molecule has 3 rings (SSSR count). The Labute approximate surface area is 172 Å². The van der Waals surface area contributed by atoms with Crippen molar-refractivity contribution in [2.45, 2.75) is 12.8 Å². The molecule has 8 nitrogen and oxygen atoms in total. The van der Waals surface area contributed by atoms with E-state index in [-0.39, 0.29) is 53.8 Å². The van der Waals surface area contributed by atoms with Gasteiger partial charge in [-0.15, -0.1) is 0 Å². The number of imide groups is 1. The molecule has 0 aliphatic carbocycles. The summed E-state index contributed by atoms with van der Waals surface area (Å²) in [5.74, 6) is -1.14. The van der Waals surface area contributed by atoms with E-state index in [1.807, 2.05) is 0 Å². The minimum atomic E-state index is -0.508. The first kappa shape index (κ1) is 21.0. The lowest BCUT2D eigenvalue weighted by Crippen LogP contribution is -2.50. The normalized spacial score (nSPS) is 17.3. The summed E-state index contributed by atoms with van der Waals surface area (Å²) in [6.45, 7) is 1.76. The number of amides is 5. The molecule has 0 aromatic heterocycles. The number of rotatable bonds is 5. The van der Waals surface area contributed by atoms with Crippen molar-refractivity contribution in [2.75, 3.05) is 46.3 Å². The number of carbonyl (C=O) groups is 4. The highest BCUT2D eigenvalue weighted by molar-refractivity contribution is 6.33. The molecule has 0 saturated carbocycles. The van der Waals surface area contributed by atoms with Crippen LogP contribution in [0.15, 0.2) is 18.2 Å². The van der Waals surface area contributed by atoms with Crippen molar-refractivity contribution in [3.63, 3.8) is 0 Å². The van der Waals surface area contributed by atoms with E-state index >= 15 is 0 Å². The molecule has 2 fully saturated rings. The Balaban J connectivity index is 1.45. The number of nitrogens with zero attached hydrogens (tertiary/aromatic N) is 4. The van der Waals surface area contributed by atoms with Crippen LogP contribution < -0.4 is 0 Å². The maximum atomic E-state index is 13.2. The Morgan fingerprint density at radius 3 is 2.34 bits per heavy atom. The second-order valence-electron chi connectivity index (χ2n) is 7.08. The van der Waals surface area contributed by atoms with Crippen molar-refractivity contribution in [3.05, 3.63) is 34.6 Å². The molecule has 1 aromatic rings. The van der Waals surface area contributed by atoms with Crippen LogP contribution in [0, 0.1) is 5.82 Å². The predicted molar refractivity (Wildman–Crippen MR) is 103 cm³/mol. The van der Waals surface area contributed by atoms with Crippen LogP contribution in [0.2, 0.25) is 5.02 Å². The lowest BCUT2D eigenvalue weighted by molar-refractivity contribution is -0.133. The van der Waals surface area contributed by atoms with Gasteiger partial charge in [0.2, 0.25) is 11.8 Å². The zero-order chi connectivity index (χ0) is 21.1. The van der Waals surface area contributed by atoms with Crippen molar-refractivity contribution in [1.82, 2.24) is 19.6 Å². The Bertz CT molecular complexity index is 841. The van der Waals surface area contributed by atoms with Crippen LogP contribution >= 0.6 is 11.6 Å². The van der Waals surface area contributed by atoms with Gasteiger partial charge in [-0.1, -0.05) is 11.6 Å². The fourth-order valence-corrected chi connectivity index (χ4v) is 3.68. The van der Waals surface area contributed by atoms with Crippen molar-refractivity contribution in [1.29, 1.82) is 0 Å². The van der Waals surface area contributed by atoms with E-state index in [1.54, 1.807) is 16.8 Å². The van der Waals surface area contributed by atoms with Gasteiger partial charge in [0, 0.05) is 46.2 Å². The number of urea groups is 1. The summed E-state index contributed by atoms with van der Waals surface area (Å²) < 4.78 is 13.2. The van der Waals surface area contributed by atoms with Crippen LogP contribution in [0.1, 0.15) is 23.2 Å². The minimum Gasteiger partial charge on any atom is -0.339 e. The maximum absolute atomic E-state index is 13.2. The highest BCUT2D eigenvalue weighted by Gasteiger charge is 2.33. The molecule has 0 N–H and O–H groups in total. The van der Waals surface area contributed by atoms with Gasteiger partial charge in [0.15, 0.2) is 0 Å². The Morgan fingerprint density at radius 1 is 1.10 bits per heavy atom. The number of hydrogen-bond acceptors (Lipinski definition) is 4. The molecular weight excluding hydrogens is 403 g/mol. The van der Waals surface area contributed by atoms with Gasteiger partial charge < -0.3 is 14.7 Å². The van der Waals surface area contributed by atoms with E-state index in [1.165, 1.54) is 17.0 Å². The summed E-state index contributed by atoms with van der Waals surface area (Å²) in [5.41, 5.74) is 0.234. The SMILES string of the molecule is CN1CC(=O)N(CCCC(=O)N2CCN(C(=O)c3ccc(F)cc3Cl)CC2)C1=O. The highest BCUT2D eigenvalue weighted by atomic mass is 35.5. The topological polar surface area (TPSA) is 81.2 Å². The van der Waals surface area contributed by atoms with Crippen molar-refractivity contribution in [2.24, 2.45) is 0 Å². The number of halogens is 2. The highest BCUT2D eigenvalue weighted by Crippen LogP contribution is 2.20. The molecule has 2 aliphatic rings. The van der Waals surface area contributed by atoms with Gasteiger partial charge in [0.05, 0.1) is 10.6 Å². The van der Waals surface area contributed by atoms with E-state index in [2.05, 4.69) is 0 Å². The first-order valence-corrected chi connectivity index (χ1v) is 9.73. The molecule has 10 heteroatoms. The van der Waals surface area contributed by atoms with Gasteiger partial charge in [0.25, 0.3) is 5.91 Å². The van der Waals surface area contributed by atoms with Crippen LogP contribution in [-0.2, 0) is 9.59 Å². The molecule has 0 bridgehead atoms. The van der Waals surface area contributed by atoms with Crippen LogP contribution in [-0.4, -0.2) is 89.7 Å². The summed E-state index contributed by atoms with van der Waals surface area (Å²) >= 11 is 5.96. The van der Waals surface area contributed by atoms with E-state index in [9.17, 15) is 23.6 Å². The van der Waals surface area contributed by atoms with E-state index in [0.29, 0.717) is 32.6 Å². The Hall–Kier alpha value is -2.68. The van der Waals surface area contributed by atoms with E-state index in [4.69, 9.17) is 11.6 Å². The smallest absolute Gasteiger partial charge is 0.326 e. The third-order valence-electron chi connectivity index (χ3n) is 5.08. The maximum Gasteiger partial charge on any atom is 0.326 e. The fraction of sp³-hybridized carbons (Fsp3) is 0.474. The summed E-state index contributed by atoms with van der Waals surface area (Å²) in [5, 5.41) is 0.0603. The van der Waals surface area contributed by atoms with Gasteiger partial charge >= 0.3 is 6.03 Å². The van der Waals surface area contributed by atoms with E-state index in [0.717, 1.165) is 11.0 Å². The van der Waals surface area contributed by atoms with Gasteiger partial charge in [-0.2, -0.15) is 0 Å². The molecule has 5 amide bonds. The largest absolute Gasteiger partial charge is 0.339 e. The van der Waals surface area contributed by atoms with Crippen LogP contribution in [0.25, 0.3) is 0 Å². The first-order valence-electron chi connectivity index (χ1n) is 9.35. The van der Waals surface area contributed by atoms with Crippen molar-refractivity contribution >= 4 is 35.4 Å². The fourth-order valence-electron chi connectivity index (χ4n) is 3.43. The van der Waals surface area contributed by atoms with Crippen LogP contribution in [0.3, 0.4) is 0 Å². The summed E-state index contributed by atoms with van der Waals surface area (Å²) in [6, 6.07) is 3.30. The summed E-state index contributed by atoms with van der Waals surface area (Å²) in [4.78, 5) is 54.3. The molecule has 0 spiro atoms. The van der Waals surface area contributed by atoms with Gasteiger partial charge in [-0.3, -0.25) is 19.3 Å². The number of piperazine rings is 1. The lowest BCUT2D eigenvalue weighted by Gasteiger charge is -2.35. The third kappa shape index (κ3) is 4.67. The zero-order valence-electron chi connectivity index (χ0n) is 16.1. The second kappa shape index (κ2) is 8.77. The molecule has 0 radical (unpaired) electrons. The quantitative estimate of drug-likeness (QED) is 0.670. The molecule has 2 saturated heterocycles. The Morgan fingerprint density at radius 2 is 1.76 bits per heavy atom. The molecule has 2 aliphatic heterocycles. The summed E-state index contributed by atoms with van der Waals surface area (Å²) in [7, 11) is 1.56. The lowest BCUT2D eigenvalue weighted by atomic mass is 10.1. The number of benzene rings is 1. The van der Waals surface area contributed by atoms with Gasteiger partial charge in [-0.05, 0) is 24.6 Å². The molecule has 156 valence electrons. The average molecular weight is 425 g/mol.